The molecule has 20 heavy (non-hydrogen) atoms. The van der Waals surface area contributed by atoms with Gasteiger partial charge in [0.05, 0.1) is 5.25 Å². The Labute approximate surface area is 121 Å². The zero-order valence-electron chi connectivity index (χ0n) is 11.6. The van der Waals surface area contributed by atoms with Crippen molar-refractivity contribution in [1.29, 1.82) is 0 Å². The van der Waals surface area contributed by atoms with Crippen molar-refractivity contribution in [2.75, 3.05) is 11.2 Å². The molecule has 0 spiro atoms. The third kappa shape index (κ3) is 3.30. The topological polar surface area (TPSA) is 85.8 Å². The molecule has 2 rings (SSSR count). The Morgan fingerprint density at radius 2 is 1.95 bits per heavy atom. The number of nitrogen functional groups attached to an aromatic ring is 1. The first-order valence-electron chi connectivity index (χ1n) is 6.18. The average molecular weight is 291 g/mol. The number of carbonyl (C=O) groups excluding carboxylic acids is 1. The van der Waals surface area contributed by atoms with Crippen molar-refractivity contribution in [3.63, 3.8) is 0 Å². The van der Waals surface area contributed by atoms with E-state index in [4.69, 9.17) is 5.84 Å². The fourth-order valence-corrected chi connectivity index (χ4v) is 2.34. The number of nitrogens with zero attached hydrogens (tertiary/aromatic N) is 3. The van der Waals surface area contributed by atoms with Crippen molar-refractivity contribution in [2.24, 2.45) is 0 Å². The van der Waals surface area contributed by atoms with Gasteiger partial charge < -0.3 is 11.2 Å². The number of amides is 1. The second kappa shape index (κ2) is 5.96. The Hall–Kier alpha value is -2.02. The van der Waals surface area contributed by atoms with Gasteiger partial charge in [-0.25, -0.2) is 4.68 Å². The van der Waals surface area contributed by atoms with Gasteiger partial charge in [-0.05, 0) is 32.9 Å². The number of rotatable bonds is 4. The molecule has 0 saturated heterocycles. The van der Waals surface area contributed by atoms with E-state index >= 15 is 0 Å². The van der Waals surface area contributed by atoms with Gasteiger partial charge in [-0.2, -0.15) is 0 Å². The summed E-state index contributed by atoms with van der Waals surface area (Å²) >= 11 is 1.27. The van der Waals surface area contributed by atoms with Gasteiger partial charge in [-0.3, -0.25) is 4.79 Å². The molecule has 0 fully saturated rings. The van der Waals surface area contributed by atoms with E-state index in [9.17, 15) is 4.79 Å². The molecule has 106 valence electrons. The summed E-state index contributed by atoms with van der Waals surface area (Å²) in [5, 5.41) is 10.8. The van der Waals surface area contributed by atoms with Crippen LogP contribution in [0.15, 0.2) is 29.4 Å². The number of thioether (sulfide) groups is 1. The smallest absolute Gasteiger partial charge is 0.237 e. The normalized spacial score (nSPS) is 12.2. The van der Waals surface area contributed by atoms with Crippen LogP contribution >= 0.6 is 11.8 Å². The lowest BCUT2D eigenvalue weighted by atomic mass is 10.2. The van der Waals surface area contributed by atoms with E-state index < -0.39 is 0 Å². The Balaban J connectivity index is 1.98. The molecular formula is C13H17N5OS. The number of anilines is 1. The lowest BCUT2D eigenvalue weighted by Gasteiger charge is -2.11. The molecule has 1 amide bonds. The van der Waals surface area contributed by atoms with Gasteiger partial charge >= 0.3 is 0 Å². The van der Waals surface area contributed by atoms with Crippen molar-refractivity contribution in [2.45, 2.75) is 31.2 Å². The third-order valence-corrected chi connectivity index (χ3v) is 3.86. The minimum absolute atomic E-state index is 0.0977. The fourth-order valence-electron chi connectivity index (χ4n) is 1.52. The second-order valence-electron chi connectivity index (χ2n) is 4.52. The zero-order valence-corrected chi connectivity index (χ0v) is 12.4. The van der Waals surface area contributed by atoms with E-state index in [2.05, 4.69) is 15.5 Å². The van der Waals surface area contributed by atoms with Crippen LogP contribution in [0.5, 0.6) is 0 Å². The van der Waals surface area contributed by atoms with Crippen LogP contribution in [0.3, 0.4) is 0 Å². The SMILES string of the molecule is Cc1ccc(NC(=O)C(C)Sc2nnc(C)n2N)cc1. The van der Waals surface area contributed by atoms with Gasteiger partial charge in [0, 0.05) is 5.69 Å². The molecule has 1 heterocycles. The van der Waals surface area contributed by atoms with Crippen LogP contribution in [0, 0.1) is 13.8 Å². The molecule has 0 saturated carbocycles. The highest BCUT2D eigenvalue weighted by molar-refractivity contribution is 8.00. The minimum atomic E-state index is -0.317. The first-order valence-corrected chi connectivity index (χ1v) is 7.06. The maximum Gasteiger partial charge on any atom is 0.237 e. The van der Waals surface area contributed by atoms with E-state index in [1.807, 2.05) is 31.2 Å². The lowest BCUT2D eigenvalue weighted by molar-refractivity contribution is -0.115. The zero-order chi connectivity index (χ0) is 14.7. The Morgan fingerprint density at radius 1 is 1.30 bits per heavy atom. The van der Waals surface area contributed by atoms with Crippen LogP contribution in [0.4, 0.5) is 5.69 Å². The number of benzene rings is 1. The van der Waals surface area contributed by atoms with Crippen molar-refractivity contribution >= 4 is 23.4 Å². The summed E-state index contributed by atoms with van der Waals surface area (Å²) in [6.45, 7) is 5.56. The maximum absolute atomic E-state index is 12.1. The van der Waals surface area contributed by atoms with Crippen molar-refractivity contribution < 1.29 is 4.79 Å². The van der Waals surface area contributed by atoms with Gasteiger partial charge in [0.15, 0.2) is 0 Å². The number of carbonyl (C=O) groups is 1. The average Bonchev–Trinajstić information content (AvgIpc) is 2.73. The molecule has 0 aliphatic carbocycles. The van der Waals surface area contributed by atoms with Gasteiger partial charge in [0.1, 0.15) is 5.82 Å². The van der Waals surface area contributed by atoms with Crippen LogP contribution in [0.2, 0.25) is 0 Å². The number of nitrogens with two attached hydrogens (primary N) is 1. The summed E-state index contributed by atoms with van der Waals surface area (Å²) in [5.41, 5.74) is 1.93. The Bertz CT molecular complexity index is 608. The Kier molecular flexibility index (Phi) is 4.29. The largest absolute Gasteiger partial charge is 0.336 e. The van der Waals surface area contributed by atoms with Crippen LogP contribution in [0.1, 0.15) is 18.3 Å². The van der Waals surface area contributed by atoms with Gasteiger partial charge in [-0.15, -0.1) is 10.2 Å². The number of hydrogen-bond acceptors (Lipinski definition) is 5. The first-order chi connectivity index (χ1) is 9.47. The Morgan fingerprint density at radius 3 is 2.50 bits per heavy atom. The molecule has 1 aromatic carbocycles. The predicted octanol–water partition coefficient (Wildman–Crippen LogP) is 1.73. The minimum Gasteiger partial charge on any atom is -0.336 e. The highest BCUT2D eigenvalue weighted by Gasteiger charge is 2.18. The second-order valence-corrected chi connectivity index (χ2v) is 5.82. The molecule has 7 heteroatoms. The quantitative estimate of drug-likeness (QED) is 0.662. The van der Waals surface area contributed by atoms with Gasteiger partial charge in [-0.1, -0.05) is 29.5 Å². The summed E-state index contributed by atoms with van der Waals surface area (Å²) in [6, 6.07) is 7.65. The molecule has 1 unspecified atom stereocenters. The van der Waals surface area contributed by atoms with E-state index in [1.165, 1.54) is 16.4 Å². The molecule has 6 nitrogen and oxygen atoms in total. The summed E-state index contributed by atoms with van der Waals surface area (Å²) < 4.78 is 1.38. The molecule has 2 aromatic rings. The third-order valence-electron chi connectivity index (χ3n) is 2.81. The number of aromatic nitrogens is 3. The van der Waals surface area contributed by atoms with Crippen molar-refractivity contribution in [3.8, 4) is 0 Å². The van der Waals surface area contributed by atoms with Crippen molar-refractivity contribution in [1.82, 2.24) is 14.9 Å². The summed E-state index contributed by atoms with van der Waals surface area (Å²) in [7, 11) is 0. The van der Waals surface area contributed by atoms with Crippen LogP contribution in [-0.4, -0.2) is 26.0 Å². The number of aryl methyl sites for hydroxylation is 2. The van der Waals surface area contributed by atoms with E-state index in [0.29, 0.717) is 11.0 Å². The number of hydrogen-bond donors (Lipinski definition) is 2. The standard InChI is InChI=1S/C13H17N5OS/c1-8-4-6-11(7-5-8)15-12(19)9(2)20-13-17-16-10(3)18(13)14/h4-7,9H,14H2,1-3H3,(H,15,19). The van der Waals surface area contributed by atoms with Crippen LogP contribution in [-0.2, 0) is 4.79 Å². The molecule has 1 aromatic heterocycles. The first kappa shape index (κ1) is 14.4. The summed E-state index contributed by atoms with van der Waals surface area (Å²) in [5.74, 6) is 6.27. The highest BCUT2D eigenvalue weighted by atomic mass is 32.2. The molecule has 0 aliphatic rings. The summed E-state index contributed by atoms with van der Waals surface area (Å²) in [4.78, 5) is 12.1. The van der Waals surface area contributed by atoms with E-state index in [0.717, 1.165) is 11.3 Å². The van der Waals surface area contributed by atoms with Crippen LogP contribution in [0.25, 0.3) is 0 Å². The molecular weight excluding hydrogens is 274 g/mol. The molecule has 0 aliphatic heterocycles. The maximum atomic E-state index is 12.1. The molecule has 3 N–H and O–H groups in total. The lowest BCUT2D eigenvalue weighted by Crippen LogP contribution is -2.23. The molecule has 0 radical (unpaired) electrons. The van der Waals surface area contributed by atoms with Gasteiger partial charge in [0.2, 0.25) is 11.1 Å². The highest BCUT2D eigenvalue weighted by Crippen LogP contribution is 2.21. The van der Waals surface area contributed by atoms with Gasteiger partial charge in [0.25, 0.3) is 0 Å². The van der Waals surface area contributed by atoms with E-state index in [1.54, 1.807) is 13.8 Å². The van der Waals surface area contributed by atoms with E-state index in [-0.39, 0.29) is 11.2 Å². The fraction of sp³-hybridized carbons (Fsp3) is 0.308. The number of nitrogens with one attached hydrogen (secondary N) is 1. The molecule has 0 bridgehead atoms. The van der Waals surface area contributed by atoms with Crippen LogP contribution < -0.4 is 11.2 Å². The summed E-state index contributed by atoms with van der Waals surface area (Å²) in [6.07, 6.45) is 0. The monoisotopic (exact) mass is 291 g/mol. The predicted molar refractivity (Wildman–Crippen MR) is 80.0 cm³/mol. The van der Waals surface area contributed by atoms with Crippen molar-refractivity contribution in [3.05, 3.63) is 35.7 Å². The molecule has 1 atom stereocenters.